The van der Waals surface area contributed by atoms with Crippen LogP contribution in [0.25, 0.3) is 0 Å². The van der Waals surface area contributed by atoms with Crippen molar-refractivity contribution in [3.05, 3.63) is 58.3 Å². The SMILES string of the molecule is Cc1ccc(CNC(=O)N2CC[C@@H](Oc3ccncc3)C2)c(=O)n1C. The first kappa shape index (κ1) is 17.0. The van der Waals surface area contributed by atoms with Gasteiger partial charge in [0, 0.05) is 50.2 Å². The summed E-state index contributed by atoms with van der Waals surface area (Å²) in [6, 6.07) is 7.06. The van der Waals surface area contributed by atoms with Crippen molar-refractivity contribution in [3.63, 3.8) is 0 Å². The lowest BCUT2D eigenvalue weighted by atomic mass is 10.2. The predicted molar refractivity (Wildman–Crippen MR) is 93.5 cm³/mol. The average Bonchev–Trinajstić information content (AvgIpc) is 3.08. The van der Waals surface area contributed by atoms with E-state index in [0.717, 1.165) is 17.9 Å². The van der Waals surface area contributed by atoms with E-state index in [2.05, 4.69) is 10.3 Å². The molecule has 2 aromatic heterocycles. The number of carbonyl (C=O) groups is 1. The summed E-state index contributed by atoms with van der Waals surface area (Å²) in [5.41, 5.74) is 1.38. The quantitative estimate of drug-likeness (QED) is 0.912. The average molecular weight is 342 g/mol. The molecule has 0 aromatic carbocycles. The van der Waals surface area contributed by atoms with Crippen LogP contribution in [0.2, 0.25) is 0 Å². The van der Waals surface area contributed by atoms with Crippen LogP contribution in [-0.2, 0) is 13.6 Å². The van der Waals surface area contributed by atoms with E-state index in [1.807, 2.05) is 13.0 Å². The number of rotatable bonds is 4. The van der Waals surface area contributed by atoms with Crippen LogP contribution in [-0.4, -0.2) is 39.7 Å². The van der Waals surface area contributed by atoms with Crippen LogP contribution in [0.1, 0.15) is 17.7 Å². The lowest BCUT2D eigenvalue weighted by Crippen LogP contribution is -2.40. The third-order valence-corrected chi connectivity index (χ3v) is 4.45. The highest BCUT2D eigenvalue weighted by Crippen LogP contribution is 2.17. The van der Waals surface area contributed by atoms with Gasteiger partial charge in [-0.2, -0.15) is 0 Å². The van der Waals surface area contributed by atoms with Gasteiger partial charge in [-0.15, -0.1) is 0 Å². The van der Waals surface area contributed by atoms with E-state index >= 15 is 0 Å². The van der Waals surface area contributed by atoms with Crippen LogP contribution in [0, 0.1) is 6.92 Å². The number of ether oxygens (including phenoxy) is 1. The number of hydrogen-bond donors (Lipinski definition) is 1. The van der Waals surface area contributed by atoms with E-state index in [1.165, 1.54) is 0 Å². The summed E-state index contributed by atoms with van der Waals surface area (Å²) in [6.45, 7) is 3.25. The summed E-state index contributed by atoms with van der Waals surface area (Å²) >= 11 is 0. The predicted octanol–water partition coefficient (Wildman–Crippen LogP) is 1.45. The Kier molecular flexibility index (Phi) is 5.02. The Morgan fingerprint density at radius 1 is 1.32 bits per heavy atom. The second-order valence-electron chi connectivity index (χ2n) is 6.18. The second kappa shape index (κ2) is 7.38. The smallest absolute Gasteiger partial charge is 0.317 e. The van der Waals surface area contributed by atoms with Gasteiger partial charge in [-0.3, -0.25) is 9.78 Å². The number of aromatic nitrogens is 2. The fourth-order valence-corrected chi connectivity index (χ4v) is 2.82. The maximum Gasteiger partial charge on any atom is 0.317 e. The molecule has 2 aromatic rings. The third kappa shape index (κ3) is 3.99. The van der Waals surface area contributed by atoms with Crippen LogP contribution >= 0.6 is 0 Å². The van der Waals surface area contributed by atoms with Crippen molar-refractivity contribution in [1.82, 2.24) is 19.8 Å². The van der Waals surface area contributed by atoms with Gasteiger partial charge in [-0.1, -0.05) is 6.07 Å². The zero-order chi connectivity index (χ0) is 17.8. The zero-order valence-electron chi connectivity index (χ0n) is 14.4. The number of hydrogen-bond acceptors (Lipinski definition) is 4. The molecule has 7 heteroatoms. The number of amides is 2. The first-order chi connectivity index (χ1) is 12.0. The molecule has 132 valence electrons. The molecule has 0 aliphatic carbocycles. The summed E-state index contributed by atoms with van der Waals surface area (Å²) in [6.07, 6.45) is 4.11. The molecule has 7 nitrogen and oxygen atoms in total. The topological polar surface area (TPSA) is 76.5 Å². The van der Waals surface area contributed by atoms with Crippen LogP contribution in [0.5, 0.6) is 5.75 Å². The molecule has 1 atom stereocenters. The minimum Gasteiger partial charge on any atom is -0.488 e. The molecule has 2 amide bonds. The highest BCUT2D eigenvalue weighted by atomic mass is 16.5. The minimum absolute atomic E-state index is 0.0274. The number of pyridine rings is 2. The second-order valence-corrected chi connectivity index (χ2v) is 6.18. The molecule has 0 spiro atoms. The summed E-state index contributed by atoms with van der Waals surface area (Å²) in [7, 11) is 1.73. The standard InChI is InChI=1S/C18H22N4O3/c1-13-3-4-14(17(23)21(13)2)11-20-18(24)22-10-7-16(12-22)25-15-5-8-19-9-6-15/h3-6,8-9,16H,7,10-12H2,1-2H3,(H,20,24)/t16-/m1/s1. The highest BCUT2D eigenvalue weighted by molar-refractivity contribution is 5.74. The molecule has 0 radical (unpaired) electrons. The fraction of sp³-hybridized carbons (Fsp3) is 0.389. The Bertz CT molecular complexity index is 804. The van der Waals surface area contributed by atoms with Gasteiger partial charge in [0.1, 0.15) is 11.9 Å². The van der Waals surface area contributed by atoms with E-state index in [4.69, 9.17) is 4.74 Å². The van der Waals surface area contributed by atoms with E-state index in [9.17, 15) is 9.59 Å². The normalized spacial score (nSPS) is 16.7. The zero-order valence-corrected chi connectivity index (χ0v) is 14.4. The molecule has 1 aliphatic heterocycles. The van der Waals surface area contributed by atoms with Crippen LogP contribution < -0.4 is 15.6 Å². The van der Waals surface area contributed by atoms with E-state index in [1.54, 1.807) is 47.1 Å². The van der Waals surface area contributed by atoms with Crippen LogP contribution in [0.15, 0.2) is 41.5 Å². The lowest BCUT2D eigenvalue weighted by molar-refractivity contribution is 0.186. The number of aryl methyl sites for hydroxylation is 1. The van der Waals surface area contributed by atoms with Crippen LogP contribution in [0.4, 0.5) is 4.79 Å². The maximum absolute atomic E-state index is 12.3. The number of urea groups is 1. The Morgan fingerprint density at radius 3 is 2.84 bits per heavy atom. The number of carbonyl (C=O) groups excluding carboxylic acids is 1. The molecule has 25 heavy (non-hydrogen) atoms. The third-order valence-electron chi connectivity index (χ3n) is 4.45. The van der Waals surface area contributed by atoms with Gasteiger partial charge in [0.15, 0.2) is 0 Å². The van der Waals surface area contributed by atoms with Gasteiger partial charge in [0.05, 0.1) is 6.54 Å². The van der Waals surface area contributed by atoms with E-state index in [-0.39, 0.29) is 24.2 Å². The van der Waals surface area contributed by atoms with Crippen molar-refractivity contribution in [2.24, 2.45) is 7.05 Å². The van der Waals surface area contributed by atoms with Gasteiger partial charge in [-0.25, -0.2) is 4.79 Å². The summed E-state index contributed by atoms with van der Waals surface area (Å²) in [4.78, 5) is 30.1. The Labute approximate surface area is 146 Å². The number of likely N-dealkylation sites (tertiary alicyclic amines) is 1. The van der Waals surface area contributed by atoms with Crippen LogP contribution in [0.3, 0.4) is 0 Å². The summed E-state index contributed by atoms with van der Waals surface area (Å²) in [5, 5.41) is 2.82. The Hall–Kier alpha value is -2.83. The van der Waals surface area contributed by atoms with Crippen molar-refractivity contribution in [1.29, 1.82) is 0 Å². The maximum atomic E-state index is 12.3. The molecule has 0 bridgehead atoms. The van der Waals surface area contributed by atoms with Gasteiger partial charge in [0.2, 0.25) is 0 Å². The van der Waals surface area contributed by atoms with Crippen molar-refractivity contribution < 1.29 is 9.53 Å². The van der Waals surface area contributed by atoms with Gasteiger partial charge in [0.25, 0.3) is 5.56 Å². The van der Waals surface area contributed by atoms with Gasteiger partial charge < -0.3 is 19.5 Å². The molecule has 0 saturated carbocycles. The molecule has 3 heterocycles. The van der Waals surface area contributed by atoms with Gasteiger partial charge >= 0.3 is 6.03 Å². The van der Waals surface area contributed by atoms with Crippen molar-refractivity contribution in [3.8, 4) is 5.75 Å². The first-order valence-corrected chi connectivity index (χ1v) is 8.29. The Balaban J connectivity index is 1.53. The van der Waals surface area contributed by atoms with Gasteiger partial charge in [-0.05, 0) is 25.1 Å². The molecule has 1 N–H and O–H groups in total. The Morgan fingerprint density at radius 2 is 2.08 bits per heavy atom. The van der Waals surface area contributed by atoms with Crippen molar-refractivity contribution in [2.75, 3.05) is 13.1 Å². The molecular formula is C18H22N4O3. The molecule has 1 saturated heterocycles. The molecule has 0 unspecified atom stereocenters. The molecule has 1 fully saturated rings. The number of nitrogens with one attached hydrogen (secondary N) is 1. The van der Waals surface area contributed by atoms with E-state index in [0.29, 0.717) is 18.7 Å². The van der Waals surface area contributed by atoms with Crippen molar-refractivity contribution in [2.45, 2.75) is 26.0 Å². The minimum atomic E-state index is -0.177. The lowest BCUT2D eigenvalue weighted by Gasteiger charge is -2.18. The monoisotopic (exact) mass is 342 g/mol. The summed E-state index contributed by atoms with van der Waals surface area (Å²) < 4.78 is 7.43. The molecular weight excluding hydrogens is 320 g/mol. The fourth-order valence-electron chi connectivity index (χ4n) is 2.82. The highest BCUT2D eigenvalue weighted by Gasteiger charge is 2.27. The van der Waals surface area contributed by atoms with Crippen molar-refractivity contribution >= 4 is 6.03 Å². The molecule has 1 aliphatic rings. The first-order valence-electron chi connectivity index (χ1n) is 8.29. The number of nitrogens with zero attached hydrogens (tertiary/aromatic N) is 3. The molecule has 3 rings (SSSR count). The summed E-state index contributed by atoms with van der Waals surface area (Å²) in [5.74, 6) is 0.755. The van der Waals surface area contributed by atoms with E-state index < -0.39 is 0 Å². The largest absolute Gasteiger partial charge is 0.488 e.